The molecule has 0 bridgehead atoms. The maximum Gasteiger partial charge on any atom is 0.297 e. The number of rotatable bonds is 4. The van der Waals surface area contributed by atoms with Gasteiger partial charge in [0.15, 0.2) is 5.82 Å². The van der Waals surface area contributed by atoms with E-state index in [9.17, 15) is 0 Å². The maximum absolute atomic E-state index is 6.28. The molecule has 9 heteroatoms. The Morgan fingerprint density at radius 1 is 1.28 bits per heavy atom. The van der Waals surface area contributed by atoms with Crippen LogP contribution in [-0.4, -0.2) is 24.9 Å². The number of para-hydroxylation sites is 1. The van der Waals surface area contributed by atoms with Crippen molar-refractivity contribution in [1.29, 1.82) is 0 Å². The van der Waals surface area contributed by atoms with Crippen LogP contribution in [0, 0.1) is 0 Å². The Kier molecular flexibility index (Phi) is 4.81. The molecule has 0 saturated heterocycles. The highest BCUT2D eigenvalue weighted by Crippen LogP contribution is 2.37. The van der Waals surface area contributed by atoms with Crippen molar-refractivity contribution < 1.29 is 4.52 Å². The van der Waals surface area contributed by atoms with Gasteiger partial charge >= 0.3 is 0 Å². The molecule has 1 aliphatic rings. The molecular weight excluding hydrogens is 363 g/mol. The summed E-state index contributed by atoms with van der Waals surface area (Å²) in [5.41, 5.74) is 6.54. The molecule has 4 rings (SSSR count). The van der Waals surface area contributed by atoms with E-state index in [0.717, 1.165) is 30.8 Å². The first-order chi connectivity index (χ1) is 11.6. The minimum absolute atomic E-state index is 0. The third kappa shape index (κ3) is 3.03. The fraction of sp³-hybridized carbons (Fsp3) is 0.375. The van der Waals surface area contributed by atoms with Crippen molar-refractivity contribution in [3.05, 3.63) is 40.9 Å². The number of nitrogens with zero attached hydrogens (tertiary/aromatic N) is 5. The summed E-state index contributed by atoms with van der Waals surface area (Å²) >= 11 is 6.28. The minimum atomic E-state index is -0.472. The van der Waals surface area contributed by atoms with Crippen molar-refractivity contribution in [2.45, 2.75) is 38.1 Å². The fourth-order valence-corrected chi connectivity index (χ4v) is 2.99. The lowest BCUT2D eigenvalue weighted by molar-refractivity contribution is 0.229. The second kappa shape index (κ2) is 6.74. The summed E-state index contributed by atoms with van der Waals surface area (Å²) < 4.78 is 7.05. The van der Waals surface area contributed by atoms with Crippen LogP contribution in [0.25, 0.3) is 17.4 Å². The molecule has 25 heavy (non-hydrogen) atoms. The second-order valence-corrected chi connectivity index (χ2v) is 6.41. The lowest BCUT2D eigenvalue weighted by Crippen LogP contribution is -2.44. The predicted octanol–water partition coefficient (Wildman–Crippen LogP) is 3.29. The van der Waals surface area contributed by atoms with Gasteiger partial charge in [0, 0.05) is 6.42 Å². The van der Waals surface area contributed by atoms with E-state index in [1.54, 1.807) is 4.68 Å². The standard InChI is InChI=1S/C16H17ClN6O.ClH/c1-2-12-19-13(21-23(12)11-7-4-3-6-10(11)17)14-20-15(22-24-14)16(18)8-5-9-16;/h3-4,6-7H,2,5,8-9,18H2,1H3;1H. The molecule has 0 radical (unpaired) electrons. The number of hydrogen-bond acceptors (Lipinski definition) is 6. The summed E-state index contributed by atoms with van der Waals surface area (Å²) in [7, 11) is 0. The van der Waals surface area contributed by atoms with Gasteiger partial charge < -0.3 is 10.3 Å². The van der Waals surface area contributed by atoms with Gasteiger partial charge in [-0.2, -0.15) is 4.98 Å². The lowest BCUT2D eigenvalue weighted by atomic mass is 9.77. The van der Waals surface area contributed by atoms with Gasteiger partial charge in [0.1, 0.15) is 5.82 Å². The molecule has 0 amide bonds. The summed E-state index contributed by atoms with van der Waals surface area (Å²) in [5.74, 6) is 1.95. The van der Waals surface area contributed by atoms with Gasteiger partial charge in [0.2, 0.25) is 5.82 Å². The zero-order chi connectivity index (χ0) is 16.7. The van der Waals surface area contributed by atoms with Crippen LogP contribution in [0.15, 0.2) is 28.8 Å². The Morgan fingerprint density at radius 2 is 2.04 bits per heavy atom. The molecule has 1 saturated carbocycles. The molecule has 0 atom stereocenters. The van der Waals surface area contributed by atoms with Crippen molar-refractivity contribution in [2.75, 3.05) is 0 Å². The van der Waals surface area contributed by atoms with E-state index >= 15 is 0 Å². The number of halogens is 2. The van der Waals surface area contributed by atoms with E-state index in [1.165, 1.54) is 0 Å². The van der Waals surface area contributed by atoms with Crippen LogP contribution in [0.3, 0.4) is 0 Å². The summed E-state index contributed by atoms with van der Waals surface area (Å²) in [6, 6.07) is 7.49. The van der Waals surface area contributed by atoms with Gasteiger partial charge in [-0.3, -0.25) is 0 Å². The quantitative estimate of drug-likeness (QED) is 0.745. The van der Waals surface area contributed by atoms with E-state index in [0.29, 0.717) is 23.1 Å². The van der Waals surface area contributed by atoms with Gasteiger partial charge in [-0.25, -0.2) is 9.67 Å². The SMILES string of the molecule is CCc1nc(-c2nc(C3(N)CCC3)no2)nn1-c1ccccc1Cl.Cl. The molecule has 0 unspecified atom stereocenters. The molecule has 1 fully saturated rings. The van der Waals surface area contributed by atoms with Crippen molar-refractivity contribution in [3.63, 3.8) is 0 Å². The highest BCUT2D eigenvalue weighted by molar-refractivity contribution is 6.32. The third-order valence-electron chi connectivity index (χ3n) is 4.38. The summed E-state index contributed by atoms with van der Waals surface area (Å²) in [6.07, 6.45) is 3.52. The zero-order valence-electron chi connectivity index (χ0n) is 13.6. The van der Waals surface area contributed by atoms with Gasteiger partial charge in [0.25, 0.3) is 5.89 Å². The average molecular weight is 381 g/mol. The topological polar surface area (TPSA) is 95.7 Å². The third-order valence-corrected chi connectivity index (χ3v) is 4.70. The monoisotopic (exact) mass is 380 g/mol. The van der Waals surface area contributed by atoms with E-state index in [4.69, 9.17) is 21.9 Å². The molecule has 3 aromatic rings. The van der Waals surface area contributed by atoms with Gasteiger partial charge in [0.05, 0.1) is 16.2 Å². The molecule has 2 N–H and O–H groups in total. The number of nitrogens with two attached hydrogens (primary N) is 1. The molecule has 2 heterocycles. The molecular formula is C16H18Cl2N6O. The van der Waals surface area contributed by atoms with Crippen LogP contribution in [0.2, 0.25) is 5.02 Å². The number of aryl methyl sites for hydroxylation is 1. The summed E-state index contributed by atoms with van der Waals surface area (Å²) in [4.78, 5) is 8.92. The zero-order valence-corrected chi connectivity index (χ0v) is 15.2. The van der Waals surface area contributed by atoms with Crippen LogP contribution in [-0.2, 0) is 12.0 Å². The van der Waals surface area contributed by atoms with Crippen LogP contribution in [0.5, 0.6) is 0 Å². The average Bonchev–Trinajstić information content (AvgIpc) is 3.20. The molecule has 7 nitrogen and oxygen atoms in total. The van der Waals surface area contributed by atoms with Crippen LogP contribution in [0.4, 0.5) is 0 Å². The van der Waals surface area contributed by atoms with Crippen LogP contribution in [0.1, 0.15) is 37.8 Å². The van der Waals surface area contributed by atoms with E-state index < -0.39 is 5.54 Å². The number of benzene rings is 1. The smallest absolute Gasteiger partial charge is 0.297 e. The van der Waals surface area contributed by atoms with Crippen molar-refractivity contribution in [3.8, 4) is 17.4 Å². The predicted molar refractivity (Wildman–Crippen MR) is 96.0 cm³/mol. The number of hydrogen-bond donors (Lipinski definition) is 1. The Labute approximate surface area is 156 Å². The molecule has 1 aromatic carbocycles. The Hall–Kier alpha value is -1.96. The van der Waals surface area contributed by atoms with Crippen LogP contribution < -0.4 is 5.73 Å². The Balaban J connectivity index is 0.00000182. The van der Waals surface area contributed by atoms with Crippen molar-refractivity contribution >= 4 is 24.0 Å². The molecule has 2 aromatic heterocycles. The summed E-state index contributed by atoms with van der Waals surface area (Å²) in [6.45, 7) is 2.00. The molecule has 0 aliphatic heterocycles. The fourth-order valence-electron chi connectivity index (χ4n) is 2.78. The van der Waals surface area contributed by atoms with Gasteiger partial charge in [-0.05, 0) is 31.4 Å². The first-order valence-corrected chi connectivity index (χ1v) is 8.33. The lowest BCUT2D eigenvalue weighted by Gasteiger charge is -2.34. The highest BCUT2D eigenvalue weighted by atomic mass is 35.5. The van der Waals surface area contributed by atoms with E-state index in [1.807, 2.05) is 31.2 Å². The maximum atomic E-state index is 6.28. The Bertz CT molecular complexity index is 886. The van der Waals surface area contributed by atoms with Crippen molar-refractivity contribution in [2.24, 2.45) is 5.73 Å². The Morgan fingerprint density at radius 3 is 2.68 bits per heavy atom. The molecule has 1 aliphatic carbocycles. The molecule has 132 valence electrons. The first kappa shape index (κ1) is 17.8. The van der Waals surface area contributed by atoms with E-state index in [-0.39, 0.29) is 18.3 Å². The second-order valence-electron chi connectivity index (χ2n) is 6.00. The first-order valence-electron chi connectivity index (χ1n) is 7.95. The number of aromatic nitrogens is 5. The minimum Gasteiger partial charge on any atom is -0.330 e. The van der Waals surface area contributed by atoms with Crippen molar-refractivity contribution in [1.82, 2.24) is 24.9 Å². The normalized spacial score (nSPS) is 15.5. The molecule has 0 spiro atoms. The van der Waals surface area contributed by atoms with Gasteiger partial charge in [-0.15, -0.1) is 17.5 Å². The summed E-state index contributed by atoms with van der Waals surface area (Å²) in [5, 5.41) is 9.12. The highest BCUT2D eigenvalue weighted by Gasteiger charge is 2.39. The van der Waals surface area contributed by atoms with E-state index in [2.05, 4.69) is 20.2 Å². The van der Waals surface area contributed by atoms with Gasteiger partial charge in [-0.1, -0.05) is 35.8 Å². The largest absolute Gasteiger partial charge is 0.330 e. The van der Waals surface area contributed by atoms with Crippen LogP contribution >= 0.6 is 24.0 Å².